The highest BCUT2D eigenvalue weighted by atomic mass is 16.5. The van der Waals surface area contributed by atoms with Gasteiger partial charge < -0.3 is 4.74 Å². The van der Waals surface area contributed by atoms with E-state index in [1.54, 1.807) is 0 Å². The molecule has 2 aliphatic rings. The molecule has 0 amide bonds. The summed E-state index contributed by atoms with van der Waals surface area (Å²) >= 11 is 0. The molecule has 0 aromatic heterocycles. The summed E-state index contributed by atoms with van der Waals surface area (Å²) in [6, 6.07) is 0. The fourth-order valence-electron chi connectivity index (χ4n) is 2.06. The SMILES string of the molecule is O=C1CC2CC2CCCCCO1. The van der Waals surface area contributed by atoms with Crippen LogP contribution in [0.3, 0.4) is 0 Å². The number of hydrogen-bond acceptors (Lipinski definition) is 2. The lowest BCUT2D eigenvalue weighted by molar-refractivity contribution is -0.144. The molecule has 0 radical (unpaired) electrons. The summed E-state index contributed by atoms with van der Waals surface area (Å²) in [6.07, 6.45) is 6.93. The summed E-state index contributed by atoms with van der Waals surface area (Å²) in [4.78, 5) is 11.1. The zero-order valence-corrected chi connectivity index (χ0v) is 7.42. The maximum atomic E-state index is 11.1. The van der Waals surface area contributed by atoms with Crippen LogP contribution in [0.15, 0.2) is 0 Å². The van der Waals surface area contributed by atoms with Crippen LogP contribution >= 0.6 is 0 Å². The molecule has 1 heterocycles. The molecular formula is C10H16O2. The van der Waals surface area contributed by atoms with Gasteiger partial charge >= 0.3 is 5.97 Å². The molecule has 1 saturated heterocycles. The maximum Gasteiger partial charge on any atom is 0.306 e. The van der Waals surface area contributed by atoms with Gasteiger partial charge in [0.05, 0.1) is 6.61 Å². The van der Waals surface area contributed by atoms with Gasteiger partial charge in [-0.15, -0.1) is 0 Å². The van der Waals surface area contributed by atoms with Crippen LogP contribution in [0.4, 0.5) is 0 Å². The van der Waals surface area contributed by atoms with E-state index in [1.165, 1.54) is 25.7 Å². The van der Waals surface area contributed by atoms with Gasteiger partial charge in [0.2, 0.25) is 0 Å². The van der Waals surface area contributed by atoms with Gasteiger partial charge in [0, 0.05) is 6.42 Å². The van der Waals surface area contributed by atoms with Crippen molar-refractivity contribution in [3.8, 4) is 0 Å². The molecule has 0 bridgehead atoms. The van der Waals surface area contributed by atoms with E-state index in [4.69, 9.17) is 4.74 Å². The zero-order chi connectivity index (χ0) is 8.39. The van der Waals surface area contributed by atoms with E-state index >= 15 is 0 Å². The van der Waals surface area contributed by atoms with Gasteiger partial charge in [0.1, 0.15) is 0 Å². The Morgan fingerprint density at radius 2 is 2.08 bits per heavy atom. The number of carbonyl (C=O) groups is 1. The second-order valence-electron chi connectivity index (χ2n) is 4.03. The van der Waals surface area contributed by atoms with Crippen LogP contribution in [0.2, 0.25) is 0 Å². The van der Waals surface area contributed by atoms with Gasteiger partial charge in [-0.25, -0.2) is 0 Å². The first-order chi connectivity index (χ1) is 5.86. The summed E-state index contributed by atoms with van der Waals surface area (Å²) < 4.78 is 5.08. The van der Waals surface area contributed by atoms with Crippen LogP contribution in [0.5, 0.6) is 0 Å². The third-order valence-corrected chi connectivity index (χ3v) is 2.98. The van der Waals surface area contributed by atoms with E-state index in [1.807, 2.05) is 0 Å². The van der Waals surface area contributed by atoms with E-state index in [2.05, 4.69) is 0 Å². The molecule has 1 aliphatic heterocycles. The van der Waals surface area contributed by atoms with Crippen molar-refractivity contribution < 1.29 is 9.53 Å². The maximum absolute atomic E-state index is 11.1. The average molecular weight is 168 g/mol. The number of hydrogen-bond donors (Lipinski definition) is 0. The first kappa shape index (κ1) is 8.09. The molecule has 2 fully saturated rings. The fraction of sp³-hybridized carbons (Fsp3) is 0.900. The molecule has 2 nitrogen and oxygen atoms in total. The molecule has 2 unspecified atom stereocenters. The topological polar surface area (TPSA) is 26.3 Å². The smallest absolute Gasteiger partial charge is 0.306 e. The average Bonchev–Trinajstić information content (AvgIpc) is 2.76. The molecule has 12 heavy (non-hydrogen) atoms. The first-order valence-corrected chi connectivity index (χ1v) is 5.02. The van der Waals surface area contributed by atoms with Crippen molar-refractivity contribution in [1.82, 2.24) is 0 Å². The lowest BCUT2D eigenvalue weighted by Crippen LogP contribution is -2.08. The summed E-state index contributed by atoms with van der Waals surface area (Å²) in [5.74, 6) is 1.57. The van der Waals surface area contributed by atoms with Gasteiger partial charge in [-0.3, -0.25) is 4.79 Å². The predicted octanol–water partition coefficient (Wildman–Crippen LogP) is 2.13. The van der Waals surface area contributed by atoms with Crippen LogP contribution in [0.1, 0.15) is 38.5 Å². The summed E-state index contributed by atoms with van der Waals surface area (Å²) in [5.41, 5.74) is 0. The fourth-order valence-corrected chi connectivity index (χ4v) is 2.06. The molecule has 2 atom stereocenters. The van der Waals surface area contributed by atoms with E-state index in [0.717, 1.165) is 12.3 Å². The van der Waals surface area contributed by atoms with E-state index < -0.39 is 0 Å². The minimum Gasteiger partial charge on any atom is -0.466 e. The Morgan fingerprint density at radius 1 is 1.17 bits per heavy atom. The Labute approximate surface area is 73.3 Å². The number of cyclic esters (lactones) is 1. The van der Waals surface area contributed by atoms with Gasteiger partial charge in [-0.2, -0.15) is 0 Å². The summed E-state index contributed by atoms with van der Waals surface area (Å²) in [7, 11) is 0. The highest BCUT2D eigenvalue weighted by molar-refractivity contribution is 5.70. The van der Waals surface area contributed by atoms with Crippen LogP contribution in [0, 0.1) is 11.8 Å². The van der Waals surface area contributed by atoms with E-state index in [9.17, 15) is 4.79 Å². The van der Waals surface area contributed by atoms with Gasteiger partial charge in [0.25, 0.3) is 0 Å². The van der Waals surface area contributed by atoms with Crippen molar-refractivity contribution in [3.05, 3.63) is 0 Å². The Morgan fingerprint density at radius 3 is 3.00 bits per heavy atom. The van der Waals surface area contributed by atoms with Crippen LogP contribution in [0.25, 0.3) is 0 Å². The minimum absolute atomic E-state index is 0.0319. The molecule has 2 heteroatoms. The van der Waals surface area contributed by atoms with Crippen LogP contribution in [-0.2, 0) is 9.53 Å². The number of ether oxygens (including phenoxy) is 1. The van der Waals surface area contributed by atoms with E-state index in [0.29, 0.717) is 18.9 Å². The summed E-state index contributed by atoms with van der Waals surface area (Å²) in [6.45, 7) is 0.649. The first-order valence-electron chi connectivity index (χ1n) is 5.02. The quantitative estimate of drug-likeness (QED) is 0.518. The molecule has 2 rings (SSSR count). The van der Waals surface area contributed by atoms with Crippen LogP contribution < -0.4 is 0 Å². The standard InChI is InChI=1S/C10H16O2/c11-10-7-9-6-8(9)4-2-1-3-5-12-10/h8-9H,1-7H2. The normalized spacial score (nSPS) is 36.5. The number of fused-ring (bicyclic) bond motifs is 1. The molecule has 0 spiro atoms. The molecule has 0 aromatic carbocycles. The van der Waals surface area contributed by atoms with Gasteiger partial charge in [-0.1, -0.05) is 19.3 Å². The second kappa shape index (κ2) is 3.46. The predicted molar refractivity (Wildman–Crippen MR) is 45.6 cm³/mol. The lowest BCUT2D eigenvalue weighted by Gasteiger charge is -2.07. The Hall–Kier alpha value is -0.530. The lowest BCUT2D eigenvalue weighted by atomic mass is 10.1. The molecule has 0 aromatic rings. The minimum atomic E-state index is 0.0319. The Balaban J connectivity index is 1.82. The van der Waals surface area contributed by atoms with Crippen molar-refractivity contribution in [2.75, 3.05) is 6.61 Å². The molecule has 0 N–H and O–H groups in total. The number of rotatable bonds is 0. The molecule has 68 valence electrons. The van der Waals surface area contributed by atoms with Crippen molar-refractivity contribution in [2.24, 2.45) is 11.8 Å². The third-order valence-electron chi connectivity index (χ3n) is 2.98. The zero-order valence-electron chi connectivity index (χ0n) is 7.42. The van der Waals surface area contributed by atoms with E-state index in [-0.39, 0.29) is 5.97 Å². The van der Waals surface area contributed by atoms with Crippen molar-refractivity contribution >= 4 is 5.97 Å². The molecule has 1 aliphatic carbocycles. The van der Waals surface area contributed by atoms with Crippen LogP contribution in [-0.4, -0.2) is 12.6 Å². The number of esters is 1. The second-order valence-corrected chi connectivity index (χ2v) is 4.03. The largest absolute Gasteiger partial charge is 0.466 e. The highest BCUT2D eigenvalue weighted by Crippen LogP contribution is 2.45. The van der Waals surface area contributed by atoms with Crippen molar-refractivity contribution in [1.29, 1.82) is 0 Å². The molecular weight excluding hydrogens is 152 g/mol. The monoisotopic (exact) mass is 168 g/mol. The molecule has 1 saturated carbocycles. The van der Waals surface area contributed by atoms with Gasteiger partial charge in [0.15, 0.2) is 0 Å². The van der Waals surface area contributed by atoms with Gasteiger partial charge in [-0.05, 0) is 24.7 Å². The van der Waals surface area contributed by atoms with Crippen molar-refractivity contribution in [3.63, 3.8) is 0 Å². The third kappa shape index (κ3) is 1.99. The highest BCUT2D eigenvalue weighted by Gasteiger charge is 2.38. The number of carbonyl (C=O) groups excluding carboxylic acids is 1. The Bertz CT molecular complexity index is 177. The Kier molecular flexibility index (Phi) is 2.33. The summed E-state index contributed by atoms with van der Waals surface area (Å²) in [5, 5.41) is 0. The van der Waals surface area contributed by atoms with Crippen molar-refractivity contribution in [2.45, 2.75) is 38.5 Å².